The minimum Gasteiger partial charge on any atom is -0.367 e. The molecule has 0 saturated carbocycles. The van der Waals surface area contributed by atoms with Gasteiger partial charge in [-0.2, -0.15) is 0 Å². The monoisotopic (exact) mass is 171 g/mol. The fourth-order valence-corrected chi connectivity index (χ4v) is 1.28. The molecule has 70 valence electrons. The van der Waals surface area contributed by atoms with Gasteiger partial charge in [0.2, 0.25) is 5.96 Å². The lowest BCUT2D eigenvalue weighted by Crippen LogP contribution is -2.42. The van der Waals surface area contributed by atoms with Crippen molar-refractivity contribution >= 4 is 5.96 Å². The first-order valence-corrected chi connectivity index (χ1v) is 4.34. The second-order valence-corrected chi connectivity index (χ2v) is 2.87. The summed E-state index contributed by atoms with van der Waals surface area (Å²) in [5.41, 5.74) is 11.0. The molecule has 1 aliphatic rings. The van der Waals surface area contributed by atoms with Gasteiger partial charge in [0.25, 0.3) is 0 Å². The van der Waals surface area contributed by atoms with Crippen molar-refractivity contribution in [3.8, 4) is 0 Å². The van der Waals surface area contributed by atoms with Crippen LogP contribution in [-0.4, -0.2) is 31.1 Å². The number of nitrogens with zero attached hydrogens (tertiary/aromatic N) is 2. The zero-order valence-corrected chi connectivity index (χ0v) is 7.51. The van der Waals surface area contributed by atoms with Crippen LogP contribution < -0.4 is 16.6 Å². The number of guanidine groups is 1. The Morgan fingerprint density at radius 2 is 2.00 bits per heavy atom. The lowest BCUT2D eigenvalue weighted by atomic mass is 10.2. The molecular formula is C7H17N5. The van der Waals surface area contributed by atoms with Gasteiger partial charge in [-0.3, -0.25) is 10.4 Å². The molecule has 0 aromatic heterocycles. The highest BCUT2D eigenvalue weighted by molar-refractivity contribution is 5.76. The van der Waals surface area contributed by atoms with Gasteiger partial charge in [0.1, 0.15) is 0 Å². The van der Waals surface area contributed by atoms with Crippen molar-refractivity contribution in [3.63, 3.8) is 0 Å². The Bertz CT molecular complexity index is 150. The van der Waals surface area contributed by atoms with Crippen molar-refractivity contribution in [1.29, 1.82) is 0 Å². The Labute approximate surface area is 73.0 Å². The molecule has 0 spiro atoms. The minimum atomic E-state index is 0.430. The van der Waals surface area contributed by atoms with Gasteiger partial charge in [-0.15, -0.1) is 5.10 Å². The van der Waals surface area contributed by atoms with Gasteiger partial charge in [0, 0.05) is 20.1 Å². The topological polar surface area (TPSA) is 65.7 Å². The lowest BCUT2D eigenvalue weighted by molar-refractivity contribution is 0.237. The molecular weight excluding hydrogens is 154 g/mol. The number of piperidine rings is 1. The van der Waals surface area contributed by atoms with Gasteiger partial charge < -0.3 is 5.73 Å². The van der Waals surface area contributed by atoms with Gasteiger partial charge in [0.15, 0.2) is 0 Å². The van der Waals surface area contributed by atoms with Gasteiger partial charge in [-0.05, 0) is 19.3 Å². The van der Waals surface area contributed by atoms with Crippen molar-refractivity contribution in [3.05, 3.63) is 0 Å². The molecule has 0 unspecified atom stereocenters. The molecule has 0 radical (unpaired) electrons. The second-order valence-electron chi connectivity index (χ2n) is 2.87. The van der Waals surface area contributed by atoms with Crippen LogP contribution in [0.1, 0.15) is 19.3 Å². The maximum Gasteiger partial charge on any atom is 0.225 e. The third-order valence-corrected chi connectivity index (χ3v) is 1.83. The number of rotatable bonds is 2. The molecule has 12 heavy (non-hydrogen) atoms. The summed E-state index contributed by atoms with van der Waals surface area (Å²) in [6.07, 6.45) is 3.75. The first-order chi connectivity index (χ1) is 5.83. The van der Waals surface area contributed by atoms with Crippen LogP contribution in [0.3, 0.4) is 0 Å². The molecule has 1 fully saturated rings. The average Bonchev–Trinajstić information content (AvgIpc) is 2.06. The second kappa shape index (κ2) is 4.82. The van der Waals surface area contributed by atoms with E-state index >= 15 is 0 Å². The Balaban J connectivity index is 2.31. The maximum absolute atomic E-state index is 5.55. The third-order valence-electron chi connectivity index (χ3n) is 1.83. The van der Waals surface area contributed by atoms with Crippen LogP contribution in [0.4, 0.5) is 0 Å². The van der Waals surface area contributed by atoms with Gasteiger partial charge in [-0.25, -0.2) is 5.43 Å². The van der Waals surface area contributed by atoms with Gasteiger partial charge >= 0.3 is 0 Å². The average molecular weight is 171 g/mol. The van der Waals surface area contributed by atoms with E-state index in [1.807, 2.05) is 5.01 Å². The van der Waals surface area contributed by atoms with E-state index in [9.17, 15) is 0 Å². The molecule has 0 atom stereocenters. The SMILES string of the molecule is CNNC(N)=NN1CCCCC1. The van der Waals surface area contributed by atoms with E-state index in [2.05, 4.69) is 16.0 Å². The molecule has 1 rings (SSSR count). The number of hydrogen-bond donors (Lipinski definition) is 3. The zero-order chi connectivity index (χ0) is 8.81. The van der Waals surface area contributed by atoms with Crippen LogP contribution in [0.2, 0.25) is 0 Å². The van der Waals surface area contributed by atoms with Crippen LogP contribution in [-0.2, 0) is 0 Å². The van der Waals surface area contributed by atoms with E-state index in [-0.39, 0.29) is 0 Å². The Morgan fingerprint density at radius 1 is 1.33 bits per heavy atom. The normalized spacial score (nSPS) is 19.4. The fraction of sp³-hybridized carbons (Fsp3) is 0.857. The molecule has 0 amide bonds. The maximum atomic E-state index is 5.55. The van der Waals surface area contributed by atoms with E-state index in [1.165, 1.54) is 19.3 Å². The van der Waals surface area contributed by atoms with Crippen LogP contribution in [0.15, 0.2) is 5.10 Å². The Hall–Kier alpha value is -0.970. The Morgan fingerprint density at radius 3 is 2.58 bits per heavy atom. The summed E-state index contributed by atoms with van der Waals surface area (Å²) in [6, 6.07) is 0. The molecule has 5 nitrogen and oxygen atoms in total. The molecule has 0 aromatic carbocycles. The van der Waals surface area contributed by atoms with Gasteiger partial charge in [0.05, 0.1) is 0 Å². The van der Waals surface area contributed by atoms with Gasteiger partial charge in [-0.1, -0.05) is 0 Å². The molecule has 1 saturated heterocycles. The highest BCUT2D eigenvalue weighted by Crippen LogP contribution is 2.07. The fourth-order valence-electron chi connectivity index (χ4n) is 1.28. The minimum absolute atomic E-state index is 0.430. The third kappa shape index (κ3) is 2.96. The highest BCUT2D eigenvalue weighted by atomic mass is 15.5. The first kappa shape index (κ1) is 9.12. The number of nitrogens with one attached hydrogen (secondary N) is 2. The largest absolute Gasteiger partial charge is 0.367 e. The van der Waals surface area contributed by atoms with Crippen LogP contribution in [0, 0.1) is 0 Å². The smallest absolute Gasteiger partial charge is 0.225 e. The number of hydrogen-bond acceptors (Lipinski definition) is 3. The highest BCUT2D eigenvalue weighted by Gasteiger charge is 2.07. The molecule has 1 heterocycles. The Kier molecular flexibility index (Phi) is 3.66. The molecule has 5 heteroatoms. The molecule has 0 aliphatic carbocycles. The summed E-state index contributed by atoms with van der Waals surface area (Å²) in [5.74, 6) is 0.430. The molecule has 0 aromatic rings. The van der Waals surface area contributed by atoms with Crippen LogP contribution in [0.25, 0.3) is 0 Å². The number of hydrazone groups is 1. The van der Waals surface area contributed by atoms with Crippen LogP contribution in [0.5, 0.6) is 0 Å². The van der Waals surface area contributed by atoms with E-state index in [0.717, 1.165) is 13.1 Å². The lowest BCUT2D eigenvalue weighted by Gasteiger charge is -2.23. The number of nitrogens with two attached hydrogens (primary N) is 1. The summed E-state index contributed by atoms with van der Waals surface area (Å²) in [7, 11) is 1.76. The van der Waals surface area contributed by atoms with E-state index in [4.69, 9.17) is 5.73 Å². The zero-order valence-electron chi connectivity index (χ0n) is 7.51. The summed E-state index contributed by atoms with van der Waals surface area (Å²) in [6.45, 7) is 2.04. The quantitative estimate of drug-likeness (QED) is 0.296. The van der Waals surface area contributed by atoms with Crippen molar-refractivity contribution in [2.24, 2.45) is 10.8 Å². The summed E-state index contributed by atoms with van der Waals surface area (Å²) < 4.78 is 0. The molecule has 4 N–H and O–H groups in total. The molecule has 1 aliphatic heterocycles. The van der Waals surface area contributed by atoms with Crippen molar-refractivity contribution in [2.45, 2.75) is 19.3 Å². The summed E-state index contributed by atoms with van der Waals surface area (Å²) >= 11 is 0. The predicted octanol–water partition coefficient (Wildman–Crippen LogP) is -0.574. The number of hydrazine groups is 1. The summed E-state index contributed by atoms with van der Waals surface area (Å²) in [4.78, 5) is 0. The van der Waals surface area contributed by atoms with E-state index < -0.39 is 0 Å². The van der Waals surface area contributed by atoms with Crippen molar-refractivity contribution < 1.29 is 0 Å². The van der Waals surface area contributed by atoms with E-state index in [0.29, 0.717) is 5.96 Å². The first-order valence-electron chi connectivity index (χ1n) is 4.34. The van der Waals surface area contributed by atoms with Crippen molar-refractivity contribution in [1.82, 2.24) is 15.9 Å². The standard InChI is InChI=1S/C7H17N5/c1-9-10-7(8)11-12-5-3-2-4-6-12/h9H,2-6H2,1H3,(H3,8,10,11). The predicted molar refractivity (Wildman–Crippen MR) is 49.2 cm³/mol. The van der Waals surface area contributed by atoms with E-state index in [1.54, 1.807) is 7.05 Å². The van der Waals surface area contributed by atoms with Crippen LogP contribution >= 0.6 is 0 Å². The summed E-state index contributed by atoms with van der Waals surface area (Å²) in [5, 5.41) is 6.18. The van der Waals surface area contributed by atoms with Crippen molar-refractivity contribution in [2.75, 3.05) is 20.1 Å². The molecule has 0 bridgehead atoms.